The number of halogens is 1. The van der Waals surface area contributed by atoms with E-state index in [1.165, 1.54) is 6.08 Å². The van der Waals surface area contributed by atoms with Crippen molar-refractivity contribution in [2.24, 2.45) is 0 Å². The van der Waals surface area contributed by atoms with Crippen LogP contribution in [0.2, 0.25) is 5.02 Å². The van der Waals surface area contributed by atoms with Gasteiger partial charge in [-0.3, -0.25) is 4.79 Å². The Bertz CT molecular complexity index is 1010. The zero-order chi connectivity index (χ0) is 17.8. The number of hydrogen-bond acceptors (Lipinski definition) is 4. The van der Waals surface area contributed by atoms with Gasteiger partial charge in [0.25, 0.3) is 5.56 Å². The molecule has 1 aromatic heterocycles. The number of carbonyl (C=O) groups is 1. The molecule has 0 spiro atoms. The lowest BCUT2D eigenvalue weighted by molar-refractivity contribution is -0.142. The monoisotopic (exact) mass is 354 g/mol. The number of ether oxygens (including phenoxy) is 1. The highest BCUT2D eigenvalue weighted by Crippen LogP contribution is 2.15. The Morgan fingerprint density at radius 3 is 2.84 bits per heavy atom. The maximum Gasteiger partial charge on any atom is 0.331 e. The van der Waals surface area contributed by atoms with Crippen LogP contribution in [0.1, 0.15) is 24.4 Å². The van der Waals surface area contributed by atoms with Gasteiger partial charge in [0.15, 0.2) is 11.9 Å². The largest absolute Gasteiger partial charge is 0.451 e. The SMILES string of the molecule is CC(OC(=O)/C=C/c1cccc(Cl)c1)c1nc2ccccc2c(=O)[nH]1. The molecule has 126 valence electrons. The second-order valence-corrected chi connectivity index (χ2v) is 5.87. The van der Waals surface area contributed by atoms with E-state index in [1.54, 1.807) is 55.5 Å². The van der Waals surface area contributed by atoms with Crippen LogP contribution in [0.4, 0.5) is 0 Å². The van der Waals surface area contributed by atoms with E-state index in [4.69, 9.17) is 16.3 Å². The van der Waals surface area contributed by atoms with Gasteiger partial charge in [-0.25, -0.2) is 9.78 Å². The molecule has 3 aromatic rings. The van der Waals surface area contributed by atoms with Gasteiger partial charge in [-0.15, -0.1) is 0 Å². The average Bonchev–Trinajstić information content (AvgIpc) is 2.60. The van der Waals surface area contributed by atoms with Crippen LogP contribution in [0, 0.1) is 0 Å². The van der Waals surface area contributed by atoms with Crippen molar-refractivity contribution in [3.8, 4) is 0 Å². The first kappa shape index (κ1) is 16.9. The summed E-state index contributed by atoms with van der Waals surface area (Å²) in [6.45, 7) is 1.65. The number of para-hydroxylation sites is 1. The van der Waals surface area contributed by atoms with Gasteiger partial charge in [0.2, 0.25) is 0 Å². The first-order valence-corrected chi connectivity index (χ1v) is 8.04. The second-order valence-electron chi connectivity index (χ2n) is 5.44. The normalized spacial score (nSPS) is 12.4. The molecule has 3 rings (SSSR count). The first-order valence-electron chi connectivity index (χ1n) is 7.66. The molecular formula is C19H15ClN2O3. The summed E-state index contributed by atoms with van der Waals surface area (Å²) in [6, 6.07) is 14.1. The lowest BCUT2D eigenvalue weighted by Gasteiger charge is -2.11. The number of esters is 1. The minimum absolute atomic E-state index is 0.266. The molecule has 1 heterocycles. The summed E-state index contributed by atoms with van der Waals surface area (Å²) >= 11 is 5.89. The fourth-order valence-electron chi connectivity index (χ4n) is 2.34. The Morgan fingerprint density at radius 2 is 2.04 bits per heavy atom. The highest BCUT2D eigenvalue weighted by molar-refractivity contribution is 6.30. The van der Waals surface area contributed by atoms with Crippen LogP contribution in [0.25, 0.3) is 17.0 Å². The van der Waals surface area contributed by atoms with Crippen LogP contribution >= 0.6 is 11.6 Å². The first-order chi connectivity index (χ1) is 12.0. The van der Waals surface area contributed by atoms with Crippen LogP contribution in [0.5, 0.6) is 0 Å². The van der Waals surface area contributed by atoms with E-state index < -0.39 is 12.1 Å². The molecule has 6 heteroatoms. The molecule has 1 N–H and O–H groups in total. The predicted molar refractivity (Wildman–Crippen MR) is 97.4 cm³/mol. The minimum atomic E-state index is -0.686. The topological polar surface area (TPSA) is 72.0 Å². The number of aromatic nitrogens is 2. The van der Waals surface area contributed by atoms with Gasteiger partial charge in [0.1, 0.15) is 0 Å². The highest BCUT2D eigenvalue weighted by Gasteiger charge is 2.14. The predicted octanol–water partition coefficient (Wildman–Crippen LogP) is 3.89. The summed E-state index contributed by atoms with van der Waals surface area (Å²) in [7, 11) is 0. The Labute approximate surface area is 148 Å². The van der Waals surface area contributed by atoms with Gasteiger partial charge in [-0.05, 0) is 42.8 Å². The molecule has 0 fully saturated rings. The molecular weight excluding hydrogens is 340 g/mol. The van der Waals surface area contributed by atoms with E-state index in [0.717, 1.165) is 5.56 Å². The number of nitrogens with one attached hydrogen (secondary N) is 1. The van der Waals surface area contributed by atoms with E-state index >= 15 is 0 Å². The molecule has 0 aliphatic carbocycles. The third-order valence-electron chi connectivity index (χ3n) is 3.57. The second kappa shape index (κ2) is 7.32. The number of nitrogens with zero attached hydrogens (tertiary/aromatic N) is 1. The van der Waals surface area contributed by atoms with E-state index in [0.29, 0.717) is 21.7 Å². The summed E-state index contributed by atoms with van der Waals surface area (Å²) in [6.07, 6.45) is 2.23. The molecule has 5 nitrogen and oxygen atoms in total. The summed E-state index contributed by atoms with van der Waals surface area (Å²) in [5, 5.41) is 1.08. The van der Waals surface area contributed by atoms with E-state index in [9.17, 15) is 9.59 Å². The third kappa shape index (κ3) is 4.14. The van der Waals surface area contributed by atoms with Crippen LogP contribution in [0.3, 0.4) is 0 Å². The maximum absolute atomic E-state index is 12.1. The Kier molecular flexibility index (Phi) is 4.95. The van der Waals surface area contributed by atoms with Gasteiger partial charge in [-0.1, -0.05) is 35.9 Å². The number of hydrogen-bond donors (Lipinski definition) is 1. The maximum atomic E-state index is 12.1. The number of benzene rings is 2. The molecule has 0 aliphatic rings. The zero-order valence-electron chi connectivity index (χ0n) is 13.4. The minimum Gasteiger partial charge on any atom is -0.451 e. The lowest BCUT2D eigenvalue weighted by Crippen LogP contribution is -2.16. The standard InChI is InChI=1S/C19H15ClN2O3/c1-12(18-21-16-8-3-2-7-15(16)19(24)22-18)25-17(23)10-9-13-5-4-6-14(20)11-13/h2-12H,1H3,(H,21,22,24)/b10-9+. The molecule has 0 bridgehead atoms. The van der Waals surface area contributed by atoms with Crippen molar-refractivity contribution in [1.29, 1.82) is 0 Å². The molecule has 1 unspecified atom stereocenters. The van der Waals surface area contributed by atoms with Gasteiger partial charge in [-0.2, -0.15) is 0 Å². The molecule has 0 radical (unpaired) electrons. The molecule has 0 saturated heterocycles. The molecule has 1 atom stereocenters. The molecule has 0 amide bonds. The summed E-state index contributed by atoms with van der Waals surface area (Å²) in [4.78, 5) is 31.0. The van der Waals surface area contributed by atoms with Crippen molar-refractivity contribution < 1.29 is 9.53 Å². The third-order valence-corrected chi connectivity index (χ3v) is 3.80. The summed E-state index contributed by atoms with van der Waals surface area (Å²) in [5.41, 5.74) is 1.07. The van der Waals surface area contributed by atoms with Crippen LogP contribution in [0.15, 0.2) is 59.4 Å². The number of aromatic amines is 1. The molecule has 2 aromatic carbocycles. The molecule has 0 aliphatic heterocycles. The van der Waals surface area contributed by atoms with E-state index in [2.05, 4.69) is 9.97 Å². The molecule has 25 heavy (non-hydrogen) atoms. The number of rotatable bonds is 4. The van der Waals surface area contributed by atoms with Gasteiger partial charge >= 0.3 is 5.97 Å². The molecule has 0 saturated carbocycles. The van der Waals surface area contributed by atoms with Gasteiger partial charge < -0.3 is 9.72 Å². The smallest absolute Gasteiger partial charge is 0.331 e. The Morgan fingerprint density at radius 1 is 1.24 bits per heavy atom. The number of H-pyrrole nitrogens is 1. The van der Waals surface area contributed by atoms with Crippen LogP contribution in [-0.4, -0.2) is 15.9 Å². The average molecular weight is 355 g/mol. The highest BCUT2D eigenvalue weighted by atomic mass is 35.5. The van der Waals surface area contributed by atoms with Crippen molar-refractivity contribution in [2.45, 2.75) is 13.0 Å². The summed E-state index contributed by atoms with van der Waals surface area (Å²) in [5.74, 6) is -0.239. The van der Waals surface area contributed by atoms with Crippen molar-refractivity contribution in [3.05, 3.63) is 81.4 Å². The van der Waals surface area contributed by atoms with Crippen LogP contribution < -0.4 is 5.56 Å². The quantitative estimate of drug-likeness (QED) is 0.569. The van der Waals surface area contributed by atoms with E-state index in [1.807, 2.05) is 6.07 Å². The van der Waals surface area contributed by atoms with Crippen molar-refractivity contribution in [2.75, 3.05) is 0 Å². The fourth-order valence-corrected chi connectivity index (χ4v) is 2.54. The van der Waals surface area contributed by atoms with Gasteiger partial charge in [0, 0.05) is 11.1 Å². The summed E-state index contributed by atoms with van der Waals surface area (Å²) < 4.78 is 5.30. The lowest BCUT2D eigenvalue weighted by atomic mass is 10.2. The number of fused-ring (bicyclic) bond motifs is 1. The fraction of sp³-hybridized carbons (Fsp3) is 0.105. The van der Waals surface area contributed by atoms with Crippen molar-refractivity contribution >= 4 is 34.5 Å². The van der Waals surface area contributed by atoms with Crippen molar-refractivity contribution in [1.82, 2.24) is 9.97 Å². The Hall–Kier alpha value is -2.92. The van der Waals surface area contributed by atoms with Crippen LogP contribution in [-0.2, 0) is 9.53 Å². The zero-order valence-corrected chi connectivity index (χ0v) is 14.2. The Balaban J connectivity index is 1.74. The van der Waals surface area contributed by atoms with Crippen molar-refractivity contribution in [3.63, 3.8) is 0 Å². The van der Waals surface area contributed by atoms with Gasteiger partial charge in [0.05, 0.1) is 10.9 Å². The number of carbonyl (C=O) groups excluding carboxylic acids is 1. The van der Waals surface area contributed by atoms with E-state index in [-0.39, 0.29) is 5.56 Å².